The maximum Gasteiger partial charge on any atom is 0.0267 e. The molecule has 0 saturated heterocycles. The Morgan fingerprint density at radius 3 is 0.519 bits per heavy atom. The van der Waals surface area contributed by atoms with E-state index in [1.165, 1.54) is 0 Å². The quantitative estimate of drug-likeness (QED) is 0.348. The van der Waals surface area contributed by atoms with Crippen LogP contribution in [0.25, 0.3) is 0 Å². The van der Waals surface area contributed by atoms with Crippen molar-refractivity contribution in [2.24, 2.45) is 0 Å². The fourth-order valence-corrected chi connectivity index (χ4v) is 1.25. The van der Waals surface area contributed by atoms with Gasteiger partial charge >= 0.3 is 33.2 Å². The molecule has 0 amide bonds. The summed E-state index contributed by atoms with van der Waals surface area (Å²) in [6.07, 6.45) is 14.0. The van der Waals surface area contributed by atoms with Gasteiger partial charge in [-0.3, -0.25) is 19.9 Å². The molecule has 4 heterocycles. The van der Waals surface area contributed by atoms with E-state index in [1.54, 1.807) is 49.6 Å². The van der Waals surface area contributed by atoms with Gasteiger partial charge in [0.1, 0.15) is 0 Å². The van der Waals surface area contributed by atoms with Crippen molar-refractivity contribution < 1.29 is 12.9 Å². The molecule has 0 aliphatic carbocycles. The van der Waals surface area contributed by atoms with Gasteiger partial charge in [-0.15, -0.1) is 0 Å². The monoisotopic (exact) mass is 445 g/mol. The summed E-state index contributed by atoms with van der Waals surface area (Å²) in [6, 6.07) is 22.9. The van der Waals surface area contributed by atoms with E-state index in [0.717, 1.165) is 0 Å². The van der Waals surface area contributed by atoms with Crippen LogP contribution in [-0.4, -0.2) is 19.9 Å². The van der Waals surface area contributed by atoms with Crippen molar-refractivity contribution in [3.63, 3.8) is 0 Å². The molecule has 0 aliphatic rings. The summed E-state index contributed by atoms with van der Waals surface area (Å²) in [4.78, 5) is 15.1. The first kappa shape index (κ1) is 24.7. The summed E-state index contributed by atoms with van der Waals surface area (Å²) >= 11 is 0.382. The van der Waals surface area contributed by atoms with E-state index in [0.29, 0.717) is 12.9 Å². The number of pyridine rings is 4. The Bertz CT molecular complexity index is 461. The number of halogens is 2. The third-order valence-corrected chi connectivity index (χ3v) is 2.27. The van der Waals surface area contributed by atoms with Gasteiger partial charge < -0.3 is 0 Å². The van der Waals surface area contributed by atoms with Crippen LogP contribution in [0, 0.1) is 0 Å². The van der Waals surface area contributed by atoms with Gasteiger partial charge in [0.25, 0.3) is 0 Å². The van der Waals surface area contributed by atoms with Crippen LogP contribution in [0.5, 0.6) is 0 Å². The minimum atomic E-state index is 0.382. The predicted molar refractivity (Wildman–Crippen MR) is 109 cm³/mol. The van der Waals surface area contributed by atoms with Gasteiger partial charge in [-0.1, -0.05) is 24.3 Å². The molecule has 0 N–H and O–H groups in total. The van der Waals surface area contributed by atoms with Gasteiger partial charge in [-0.2, -0.15) is 0 Å². The van der Waals surface area contributed by atoms with Crippen LogP contribution in [-0.2, 0) is 12.9 Å². The Morgan fingerprint density at radius 1 is 0.333 bits per heavy atom. The maximum atomic E-state index is 4.73. The van der Waals surface area contributed by atoms with Crippen LogP contribution in [0.4, 0.5) is 0 Å². The zero-order valence-corrected chi connectivity index (χ0v) is 17.0. The first-order valence-corrected chi connectivity index (χ1v) is 10.5. The number of aromatic nitrogens is 4. The van der Waals surface area contributed by atoms with Gasteiger partial charge in [0.2, 0.25) is 0 Å². The van der Waals surface area contributed by atoms with Crippen LogP contribution in [0.1, 0.15) is 0 Å². The molecule has 0 aromatic carbocycles. The molecule has 0 saturated carbocycles. The van der Waals surface area contributed by atoms with Crippen LogP contribution in [0.2, 0.25) is 0 Å². The van der Waals surface area contributed by atoms with Gasteiger partial charge in [-0.05, 0) is 48.5 Å². The minimum absolute atomic E-state index is 0.382. The minimum Gasteiger partial charge on any atom is -0.265 e. The molecule has 0 aliphatic heterocycles. The molecule has 0 unspecified atom stereocenters. The molecule has 0 atom stereocenters. The molecule has 0 radical (unpaired) electrons. The van der Waals surface area contributed by atoms with Gasteiger partial charge in [-0.25, -0.2) is 0 Å². The second kappa shape index (κ2) is 23.7. The Balaban J connectivity index is 0.000000319. The number of hydrogen-bond donors (Lipinski definition) is 0. The van der Waals surface area contributed by atoms with Crippen molar-refractivity contribution in [2.75, 3.05) is 0 Å². The molecular weight excluding hydrogens is 426 g/mol. The molecule has 7 heteroatoms. The standard InChI is InChI=1S/4C5H5N.2ClH.Co/c4*1-2-4-6-5-3-1;;;/h4*1-5H;2*1H;/q;;;;;;+2/p-2. The molecular formula is C20H20Cl2CoN4. The molecule has 0 spiro atoms. The van der Waals surface area contributed by atoms with Crippen LogP contribution < -0.4 is 0 Å². The Labute approximate surface area is 175 Å². The fourth-order valence-electron chi connectivity index (χ4n) is 1.25. The van der Waals surface area contributed by atoms with Gasteiger partial charge in [0, 0.05) is 49.6 Å². The number of nitrogens with zero attached hydrogens (tertiary/aromatic N) is 4. The fraction of sp³-hybridized carbons (Fsp3) is 0. The number of rotatable bonds is 0. The van der Waals surface area contributed by atoms with E-state index in [-0.39, 0.29) is 0 Å². The summed E-state index contributed by atoms with van der Waals surface area (Å²) in [5.74, 6) is 0. The summed E-state index contributed by atoms with van der Waals surface area (Å²) < 4.78 is 0. The van der Waals surface area contributed by atoms with Crippen molar-refractivity contribution >= 4 is 20.3 Å². The van der Waals surface area contributed by atoms with Gasteiger partial charge in [0.15, 0.2) is 0 Å². The molecule has 4 aromatic rings. The maximum absolute atomic E-state index is 4.73. The summed E-state index contributed by atoms with van der Waals surface area (Å²) in [5, 5.41) is 0. The third-order valence-electron chi connectivity index (χ3n) is 2.27. The van der Waals surface area contributed by atoms with Crippen molar-refractivity contribution in [3.8, 4) is 0 Å². The third kappa shape index (κ3) is 23.7. The second-order valence-corrected chi connectivity index (χ2v) is 5.87. The van der Waals surface area contributed by atoms with Crippen molar-refractivity contribution in [1.29, 1.82) is 0 Å². The van der Waals surface area contributed by atoms with Crippen molar-refractivity contribution in [2.45, 2.75) is 0 Å². The van der Waals surface area contributed by atoms with E-state index in [9.17, 15) is 0 Å². The average molecular weight is 446 g/mol. The van der Waals surface area contributed by atoms with E-state index >= 15 is 0 Å². The number of hydrogen-bond acceptors (Lipinski definition) is 4. The molecule has 4 aromatic heterocycles. The van der Waals surface area contributed by atoms with E-state index in [1.807, 2.05) is 72.8 Å². The zero-order valence-electron chi connectivity index (χ0n) is 14.4. The summed E-state index contributed by atoms with van der Waals surface area (Å²) in [5.41, 5.74) is 0. The first-order valence-electron chi connectivity index (χ1n) is 7.65. The normalized spacial score (nSPS) is 7.93. The Kier molecular flexibility index (Phi) is 21.7. The molecule has 27 heavy (non-hydrogen) atoms. The largest absolute Gasteiger partial charge is 0.265 e. The zero-order chi connectivity index (χ0) is 19.7. The van der Waals surface area contributed by atoms with E-state index in [2.05, 4.69) is 19.9 Å². The van der Waals surface area contributed by atoms with Crippen molar-refractivity contribution in [3.05, 3.63) is 122 Å². The van der Waals surface area contributed by atoms with Crippen LogP contribution >= 0.6 is 20.3 Å². The second-order valence-electron chi connectivity index (χ2n) is 4.15. The molecule has 143 valence electrons. The van der Waals surface area contributed by atoms with Gasteiger partial charge in [0.05, 0.1) is 0 Å². The van der Waals surface area contributed by atoms with E-state index in [4.69, 9.17) is 20.3 Å². The predicted octanol–water partition coefficient (Wildman–Crippen LogP) is 5.70. The van der Waals surface area contributed by atoms with Crippen LogP contribution in [0.3, 0.4) is 0 Å². The summed E-state index contributed by atoms with van der Waals surface area (Å²) in [6.45, 7) is 0. The Hall–Kier alpha value is -2.31. The SMILES string of the molecule is [Cl][Co][Cl].c1ccncc1.c1ccncc1.c1ccncc1.c1ccncc1. The topological polar surface area (TPSA) is 51.6 Å². The Morgan fingerprint density at radius 2 is 0.481 bits per heavy atom. The smallest absolute Gasteiger partial charge is 0.0267 e. The van der Waals surface area contributed by atoms with Crippen molar-refractivity contribution in [1.82, 2.24) is 19.9 Å². The summed E-state index contributed by atoms with van der Waals surface area (Å²) in [7, 11) is 9.47. The molecule has 0 fully saturated rings. The molecule has 4 rings (SSSR count). The molecule has 0 bridgehead atoms. The first-order chi connectivity index (χ1) is 13.4. The van der Waals surface area contributed by atoms with Crippen LogP contribution in [0.15, 0.2) is 122 Å². The van der Waals surface area contributed by atoms with E-state index < -0.39 is 0 Å². The average Bonchev–Trinajstić information content (AvgIpc) is 2.80. The molecule has 4 nitrogen and oxygen atoms in total.